The topological polar surface area (TPSA) is 12.0 Å². The zero-order chi connectivity index (χ0) is 14.0. The van der Waals surface area contributed by atoms with E-state index >= 15 is 0 Å². The molecule has 0 aliphatic rings. The second-order valence-electron chi connectivity index (χ2n) is 4.54. The van der Waals surface area contributed by atoms with Crippen LogP contribution in [0.15, 0.2) is 24.3 Å². The molecule has 102 valence electrons. The van der Waals surface area contributed by atoms with E-state index in [4.69, 9.17) is 11.6 Å². The molecule has 0 spiro atoms. The molecule has 0 aliphatic heterocycles. The Bertz CT molecular complexity index is 560. The van der Waals surface area contributed by atoms with E-state index in [-0.39, 0.29) is 11.9 Å². The van der Waals surface area contributed by atoms with Crippen LogP contribution in [0.4, 0.5) is 4.39 Å². The van der Waals surface area contributed by atoms with Gasteiger partial charge in [0.05, 0.1) is 6.04 Å². The minimum Gasteiger partial charge on any atom is -0.306 e. The summed E-state index contributed by atoms with van der Waals surface area (Å²) >= 11 is 7.52. The maximum Gasteiger partial charge on any atom is 0.129 e. The van der Waals surface area contributed by atoms with Crippen LogP contribution < -0.4 is 5.32 Å². The summed E-state index contributed by atoms with van der Waals surface area (Å²) < 4.78 is 14.1. The molecule has 1 nitrogen and oxygen atoms in total. The summed E-state index contributed by atoms with van der Waals surface area (Å²) in [4.78, 5) is 2.41. The highest BCUT2D eigenvalue weighted by Gasteiger charge is 2.19. The van der Waals surface area contributed by atoms with Gasteiger partial charge in [-0.1, -0.05) is 24.6 Å². The van der Waals surface area contributed by atoms with E-state index in [1.54, 1.807) is 23.5 Å². The molecule has 0 amide bonds. The van der Waals surface area contributed by atoms with Gasteiger partial charge in [0.25, 0.3) is 0 Å². The molecule has 0 bridgehead atoms. The molecule has 2 aromatic rings. The molecule has 0 fully saturated rings. The van der Waals surface area contributed by atoms with Crippen molar-refractivity contribution in [1.82, 2.24) is 5.32 Å². The van der Waals surface area contributed by atoms with Crippen molar-refractivity contribution in [3.05, 3.63) is 56.0 Å². The number of nitrogens with one attached hydrogen (secondary N) is 1. The molecule has 1 unspecified atom stereocenters. The summed E-state index contributed by atoms with van der Waals surface area (Å²) in [5.74, 6) is -0.262. The quantitative estimate of drug-likeness (QED) is 0.850. The highest BCUT2D eigenvalue weighted by molar-refractivity contribution is 7.12. The predicted molar refractivity (Wildman–Crippen MR) is 80.7 cm³/mol. The highest BCUT2D eigenvalue weighted by atomic mass is 35.5. The maximum atomic E-state index is 14.1. The molecule has 4 heteroatoms. The van der Waals surface area contributed by atoms with Crippen molar-refractivity contribution in [2.75, 3.05) is 6.54 Å². The van der Waals surface area contributed by atoms with E-state index in [0.29, 0.717) is 10.6 Å². The van der Waals surface area contributed by atoms with Gasteiger partial charge in [0.1, 0.15) is 5.82 Å². The zero-order valence-corrected chi connectivity index (χ0v) is 12.8. The van der Waals surface area contributed by atoms with Gasteiger partial charge in [0, 0.05) is 20.3 Å². The fraction of sp³-hybridized carbons (Fsp3) is 0.333. The van der Waals surface area contributed by atoms with E-state index in [2.05, 4.69) is 25.2 Å². The zero-order valence-electron chi connectivity index (χ0n) is 11.3. The van der Waals surface area contributed by atoms with Gasteiger partial charge in [-0.25, -0.2) is 4.39 Å². The molecular weight excluding hydrogens is 281 g/mol. The fourth-order valence-electron chi connectivity index (χ4n) is 2.05. The van der Waals surface area contributed by atoms with Crippen LogP contribution in [-0.4, -0.2) is 6.54 Å². The molecule has 0 radical (unpaired) electrons. The summed E-state index contributed by atoms with van der Waals surface area (Å²) in [5.41, 5.74) is 1.89. The Balaban J connectivity index is 2.44. The maximum absolute atomic E-state index is 14.1. The van der Waals surface area contributed by atoms with Crippen LogP contribution in [0.25, 0.3) is 0 Å². The Morgan fingerprint density at radius 2 is 2.05 bits per heavy atom. The smallest absolute Gasteiger partial charge is 0.129 e. The Labute approximate surface area is 122 Å². The molecule has 19 heavy (non-hydrogen) atoms. The minimum absolute atomic E-state index is 0.111. The minimum atomic E-state index is -0.262. The van der Waals surface area contributed by atoms with Crippen molar-refractivity contribution in [1.29, 1.82) is 0 Å². The van der Waals surface area contributed by atoms with Crippen LogP contribution >= 0.6 is 22.9 Å². The SMILES string of the molecule is CCNC(c1cc(C)c(C)s1)c1ccc(Cl)cc1F. The molecule has 0 aliphatic carbocycles. The summed E-state index contributed by atoms with van der Waals surface area (Å²) in [5, 5.41) is 3.77. The molecule has 1 aromatic carbocycles. The van der Waals surface area contributed by atoms with Gasteiger partial charge in [-0.15, -0.1) is 11.3 Å². The molecular formula is C15H17ClFNS. The molecule has 1 atom stereocenters. The number of thiophene rings is 1. The number of rotatable bonds is 4. The summed E-state index contributed by atoms with van der Waals surface area (Å²) in [6.07, 6.45) is 0. The normalized spacial score (nSPS) is 12.7. The summed E-state index contributed by atoms with van der Waals surface area (Å²) in [6, 6.07) is 6.88. The van der Waals surface area contributed by atoms with Crippen LogP contribution in [0, 0.1) is 19.7 Å². The summed E-state index contributed by atoms with van der Waals surface area (Å²) in [6.45, 7) is 6.97. The third-order valence-electron chi connectivity index (χ3n) is 3.15. The van der Waals surface area contributed by atoms with E-state index in [1.807, 2.05) is 6.92 Å². The molecule has 1 aromatic heterocycles. The third-order valence-corrected chi connectivity index (χ3v) is 4.60. The van der Waals surface area contributed by atoms with Gasteiger partial charge in [-0.05, 0) is 44.2 Å². The lowest BCUT2D eigenvalue weighted by molar-refractivity contribution is 0.563. The van der Waals surface area contributed by atoms with Gasteiger partial charge in [0.2, 0.25) is 0 Å². The number of aryl methyl sites for hydroxylation is 2. The first-order chi connectivity index (χ1) is 9.02. The van der Waals surface area contributed by atoms with Crippen LogP contribution in [0.1, 0.15) is 33.8 Å². The van der Waals surface area contributed by atoms with Crippen LogP contribution in [-0.2, 0) is 0 Å². The predicted octanol–water partition coefficient (Wildman–Crippen LogP) is 4.86. The van der Waals surface area contributed by atoms with Crippen LogP contribution in [0.3, 0.4) is 0 Å². The monoisotopic (exact) mass is 297 g/mol. The van der Waals surface area contributed by atoms with Crippen molar-refractivity contribution >= 4 is 22.9 Å². The van der Waals surface area contributed by atoms with E-state index in [0.717, 1.165) is 11.4 Å². The molecule has 2 rings (SSSR count). The van der Waals surface area contributed by atoms with Crippen LogP contribution in [0.2, 0.25) is 5.02 Å². The van der Waals surface area contributed by atoms with Crippen molar-refractivity contribution in [3.63, 3.8) is 0 Å². The Morgan fingerprint density at radius 3 is 2.58 bits per heavy atom. The fourth-order valence-corrected chi connectivity index (χ4v) is 3.34. The van der Waals surface area contributed by atoms with Crippen molar-refractivity contribution in [2.24, 2.45) is 0 Å². The summed E-state index contributed by atoms with van der Waals surface area (Å²) in [7, 11) is 0. The highest BCUT2D eigenvalue weighted by Crippen LogP contribution is 2.32. The second kappa shape index (κ2) is 6.04. The Kier molecular flexibility index (Phi) is 4.61. The van der Waals surface area contributed by atoms with Crippen LogP contribution in [0.5, 0.6) is 0 Å². The van der Waals surface area contributed by atoms with Gasteiger partial charge in [-0.3, -0.25) is 0 Å². The number of hydrogen-bond donors (Lipinski definition) is 1. The van der Waals surface area contributed by atoms with Crippen molar-refractivity contribution in [3.8, 4) is 0 Å². The molecule has 1 N–H and O–H groups in total. The van der Waals surface area contributed by atoms with E-state index in [1.165, 1.54) is 16.5 Å². The lowest BCUT2D eigenvalue weighted by atomic mass is 10.0. The van der Waals surface area contributed by atoms with Crippen molar-refractivity contribution in [2.45, 2.75) is 26.8 Å². The number of benzene rings is 1. The van der Waals surface area contributed by atoms with Gasteiger partial charge in [0.15, 0.2) is 0 Å². The molecule has 1 heterocycles. The Morgan fingerprint density at radius 1 is 1.32 bits per heavy atom. The second-order valence-corrected chi connectivity index (χ2v) is 6.27. The molecule has 0 saturated heterocycles. The first-order valence-electron chi connectivity index (χ1n) is 6.28. The molecule has 0 saturated carbocycles. The van der Waals surface area contributed by atoms with Gasteiger partial charge >= 0.3 is 0 Å². The lowest BCUT2D eigenvalue weighted by Gasteiger charge is -2.17. The van der Waals surface area contributed by atoms with Gasteiger partial charge in [-0.2, -0.15) is 0 Å². The number of hydrogen-bond acceptors (Lipinski definition) is 2. The van der Waals surface area contributed by atoms with E-state index in [9.17, 15) is 4.39 Å². The average molecular weight is 298 g/mol. The lowest BCUT2D eigenvalue weighted by Crippen LogP contribution is -2.22. The van der Waals surface area contributed by atoms with E-state index < -0.39 is 0 Å². The largest absolute Gasteiger partial charge is 0.306 e. The first kappa shape index (κ1) is 14.5. The standard InChI is InChI=1S/C15H17ClFNS/c1-4-18-15(14-7-9(2)10(3)19-14)12-6-5-11(16)8-13(12)17/h5-8,15,18H,4H2,1-3H3. The average Bonchev–Trinajstić information content (AvgIpc) is 2.67. The first-order valence-corrected chi connectivity index (χ1v) is 7.47. The van der Waals surface area contributed by atoms with Crippen molar-refractivity contribution < 1.29 is 4.39 Å². The Hall–Kier alpha value is -0.900. The number of halogens is 2. The third kappa shape index (κ3) is 3.16. The van der Waals surface area contributed by atoms with Gasteiger partial charge < -0.3 is 5.32 Å².